The van der Waals surface area contributed by atoms with Gasteiger partial charge in [0.2, 0.25) is 0 Å². The fraction of sp³-hybridized carbons (Fsp3) is 0.412. The molecule has 0 spiro atoms. The highest BCUT2D eigenvalue weighted by Gasteiger charge is 1.98. The second kappa shape index (κ2) is 8.87. The summed E-state index contributed by atoms with van der Waals surface area (Å²) in [5.41, 5.74) is 2.50. The van der Waals surface area contributed by atoms with E-state index in [-0.39, 0.29) is 0 Å². The van der Waals surface area contributed by atoms with Gasteiger partial charge in [0, 0.05) is 32.0 Å². The lowest BCUT2D eigenvalue weighted by molar-refractivity contribution is 0.570. The van der Waals surface area contributed by atoms with Crippen molar-refractivity contribution < 1.29 is 0 Å². The molecule has 5 nitrogen and oxygen atoms in total. The molecule has 118 valence electrons. The van der Waals surface area contributed by atoms with Gasteiger partial charge in [-0.25, -0.2) is 4.99 Å². The zero-order valence-corrected chi connectivity index (χ0v) is 13.4. The van der Waals surface area contributed by atoms with Gasteiger partial charge < -0.3 is 10.6 Å². The maximum absolute atomic E-state index is 4.62. The lowest BCUT2D eigenvalue weighted by atomic mass is 10.1. The van der Waals surface area contributed by atoms with Gasteiger partial charge in [-0.3, -0.25) is 4.68 Å². The van der Waals surface area contributed by atoms with E-state index in [2.05, 4.69) is 58.8 Å². The molecule has 0 bridgehead atoms. The van der Waals surface area contributed by atoms with Crippen LogP contribution in [0.25, 0.3) is 0 Å². The molecule has 22 heavy (non-hydrogen) atoms. The SMILES string of the molecule is CCNC(=NCc1ccc(C)cc1)NCCCn1cccn1. The minimum absolute atomic E-state index is 0.689. The highest BCUT2D eigenvalue weighted by Crippen LogP contribution is 2.04. The molecule has 2 rings (SSSR count). The van der Waals surface area contributed by atoms with Gasteiger partial charge >= 0.3 is 0 Å². The first-order valence-corrected chi connectivity index (χ1v) is 7.83. The smallest absolute Gasteiger partial charge is 0.191 e. The molecule has 0 saturated carbocycles. The van der Waals surface area contributed by atoms with Crippen molar-refractivity contribution in [3.05, 3.63) is 53.9 Å². The van der Waals surface area contributed by atoms with Crippen molar-refractivity contribution in [1.29, 1.82) is 0 Å². The molecule has 0 amide bonds. The van der Waals surface area contributed by atoms with Crippen molar-refractivity contribution in [3.8, 4) is 0 Å². The molecule has 0 fully saturated rings. The predicted octanol–water partition coefficient (Wildman–Crippen LogP) is 2.34. The Balaban J connectivity index is 1.77. The number of guanidine groups is 1. The third-order valence-electron chi connectivity index (χ3n) is 3.30. The highest BCUT2D eigenvalue weighted by molar-refractivity contribution is 5.79. The number of nitrogens with zero attached hydrogens (tertiary/aromatic N) is 3. The Morgan fingerprint density at radius 2 is 2.05 bits per heavy atom. The largest absolute Gasteiger partial charge is 0.357 e. The molecule has 0 aliphatic heterocycles. The van der Waals surface area contributed by atoms with E-state index in [9.17, 15) is 0 Å². The second-order valence-electron chi connectivity index (χ2n) is 5.23. The van der Waals surface area contributed by atoms with Gasteiger partial charge in [-0.2, -0.15) is 5.10 Å². The minimum atomic E-state index is 0.689. The molecule has 0 aliphatic rings. The molecular weight excluding hydrogens is 274 g/mol. The van der Waals surface area contributed by atoms with Crippen LogP contribution in [0.1, 0.15) is 24.5 Å². The minimum Gasteiger partial charge on any atom is -0.357 e. The summed E-state index contributed by atoms with van der Waals surface area (Å²) in [6, 6.07) is 10.4. The van der Waals surface area contributed by atoms with E-state index < -0.39 is 0 Å². The quantitative estimate of drug-likeness (QED) is 0.469. The maximum Gasteiger partial charge on any atom is 0.191 e. The summed E-state index contributed by atoms with van der Waals surface area (Å²) in [5.74, 6) is 0.864. The van der Waals surface area contributed by atoms with Crippen LogP contribution in [0.5, 0.6) is 0 Å². The van der Waals surface area contributed by atoms with E-state index in [1.807, 2.05) is 16.9 Å². The molecule has 1 aromatic carbocycles. The zero-order chi connectivity index (χ0) is 15.6. The van der Waals surface area contributed by atoms with Crippen LogP contribution in [0.15, 0.2) is 47.7 Å². The third-order valence-corrected chi connectivity index (χ3v) is 3.30. The fourth-order valence-electron chi connectivity index (χ4n) is 2.09. The summed E-state index contributed by atoms with van der Waals surface area (Å²) in [6.45, 7) is 7.51. The molecule has 0 unspecified atom stereocenters. The Kier molecular flexibility index (Phi) is 6.48. The maximum atomic E-state index is 4.62. The first kappa shape index (κ1) is 16.1. The topological polar surface area (TPSA) is 54.2 Å². The van der Waals surface area contributed by atoms with Crippen molar-refractivity contribution in [2.24, 2.45) is 4.99 Å². The summed E-state index contributed by atoms with van der Waals surface area (Å²) in [6.07, 6.45) is 4.80. The van der Waals surface area contributed by atoms with Crippen molar-refractivity contribution in [2.45, 2.75) is 33.4 Å². The average Bonchev–Trinajstić information content (AvgIpc) is 3.04. The first-order chi connectivity index (χ1) is 10.8. The van der Waals surface area contributed by atoms with Crippen LogP contribution in [0.2, 0.25) is 0 Å². The molecular formula is C17H25N5. The Hall–Kier alpha value is -2.30. The fourth-order valence-corrected chi connectivity index (χ4v) is 2.09. The summed E-state index contributed by atoms with van der Waals surface area (Å²) in [5, 5.41) is 10.8. The molecule has 0 saturated heterocycles. The summed E-state index contributed by atoms with van der Waals surface area (Å²) in [7, 11) is 0. The number of aliphatic imine (C=N–C) groups is 1. The van der Waals surface area contributed by atoms with Gasteiger partial charge in [0.25, 0.3) is 0 Å². The number of nitrogens with one attached hydrogen (secondary N) is 2. The number of aromatic nitrogens is 2. The molecule has 0 atom stereocenters. The first-order valence-electron chi connectivity index (χ1n) is 7.83. The summed E-state index contributed by atoms with van der Waals surface area (Å²) in [4.78, 5) is 4.62. The van der Waals surface area contributed by atoms with Crippen molar-refractivity contribution in [2.75, 3.05) is 13.1 Å². The van der Waals surface area contributed by atoms with Crippen LogP contribution in [0.4, 0.5) is 0 Å². The van der Waals surface area contributed by atoms with Gasteiger partial charge in [-0.05, 0) is 31.9 Å². The van der Waals surface area contributed by atoms with E-state index in [1.54, 1.807) is 6.20 Å². The van der Waals surface area contributed by atoms with Gasteiger partial charge in [0.1, 0.15) is 0 Å². The van der Waals surface area contributed by atoms with Gasteiger partial charge in [0.15, 0.2) is 5.96 Å². The number of hydrogen-bond acceptors (Lipinski definition) is 2. The molecule has 0 radical (unpaired) electrons. The molecule has 5 heteroatoms. The Morgan fingerprint density at radius 1 is 1.23 bits per heavy atom. The third kappa shape index (κ3) is 5.60. The van der Waals surface area contributed by atoms with Gasteiger partial charge in [-0.1, -0.05) is 29.8 Å². The van der Waals surface area contributed by atoms with Crippen LogP contribution in [0, 0.1) is 6.92 Å². The Labute approximate surface area is 132 Å². The molecule has 1 aromatic heterocycles. The van der Waals surface area contributed by atoms with Crippen LogP contribution < -0.4 is 10.6 Å². The number of hydrogen-bond donors (Lipinski definition) is 2. The van der Waals surface area contributed by atoms with Crippen LogP contribution in [-0.4, -0.2) is 28.8 Å². The van der Waals surface area contributed by atoms with Crippen LogP contribution in [-0.2, 0) is 13.1 Å². The van der Waals surface area contributed by atoms with Crippen molar-refractivity contribution >= 4 is 5.96 Å². The molecule has 0 aliphatic carbocycles. The lowest BCUT2D eigenvalue weighted by Crippen LogP contribution is -2.38. The monoisotopic (exact) mass is 299 g/mol. The zero-order valence-electron chi connectivity index (χ0n) is 13.4. The molecule has 2 aromatic rings. The predicted molar refractivity (Wildman–Crippen MR) is 90.8 cm³/mol. The number of benzene rings is 1. The normalized spacial score (nSPS) is 11.5. The van der Waals surface area contributed by atoms with Gasteiger partial charge in [-0.15, -0.1) is 0 Å². The van der Waals surface area contributed by atoms with E-state index >= 15 is 0 Å². The van der Waals surface area contributed by atoms with Crippen LogP contribution >= 0.6 is 0 Å². The number of rotatable bonds is 7. The van der Waals surface area contributed by atoms with Crippen molar-refractivity contribution in [3.63, 3.8) is 0 Å². The number of aryl methyl sites for hydroxylation is 2. The average molecular weight is 299 g/mol. The van der Waals surface area contributed by atoms with Crippen LogP contribution in [0.3, 0.4) is 0 Å². The molecule has 1 heterocycles. The second-order valence-corrected chi connectivity index (χ2v) is 5.23. The standard InChI is InChI=1S/C17H25N5/c1-3-18-17(19-10-4-12-22-13-5-11-21-22)20-14-16-8-6-15(2)7-9-16/h5-9,11,13H,3-4,10,12,14H2,1-2H3,(H2,18,19,20). The summed E-state index contributed by atoms with van der Waals surface area (Å²) < 4.78 is 1.94. The lowest BCUT2D eigenvalue weighted by Gasteiger charge is -2.11. The Morgan fingerprint density at radius 3 is 2.73 bits per heavy atom. The molecule has 2 N–H and O–H groups in total. The Bertz CT molecular complexity index is 557. The van der Waals surface area contributed by atoms with Gasteiger partial charge in [0.05, 0.1) is 6.54 Å². The summed E-state index contributed by atoms with van der Waals surface area (Å²) >= 11 is 0. The van der Waals surface area contributed by atoms with E-state index in [1.165, 1.54) is 11.1 Å². The van der Waals surface area contributed by atoms with E-state index in [0.717, 1.165) is 32.0 Å². The van der Waals surface area contributed by atoms with Crippen molar-refractivity contribution in [1.82, 2.24) is 20.4 Å². The highest BCUT2D eigenvalue weighted by atomic mass is 15.3. The van der Waals surface area contributed by atoms with E-state index in [0.29, 0.717) is 6.54 Å². The van der Waals surface area contributed by atoms with E-state index in [4.69, 9.17) is 0 Å².